The van der Waals surface area contributed by atoms with E-state index in [1.54, 1.807) is 13.2 Å². The van der Waals surface area contributed by atoms with Gasteiger partial charge in [0, 0.05) is 5.69 Å². The highest BCUT2D eigenvalue weighted by atomic mass is 16.5. The number of anilines is 1. The van der Waals surface area contributed by atoms with Crippen LogP contribution in [0.3, 0.4) is 0 Å². The molecule has 0 aromatic heterocycles. The Labute approximate surface area is 100 Å². The number of nitrogen functional groups attached to an aromatic ring is 1. The van der Waals surface area contributed by atoms with Crippen LogP contribution < -0.4 is 10.5 Å². The summed E-state index contributed by atoms with van der Waals surface area (Å²) in [5.74, 6) is 0.668. The topological polar surface area (TPSA) is 59.0 Å². The van der Waals surface area contributed by atoms with Gasteiger partial charge in [0.1, 0.15) is 5.75 Å². The van der Waals surface area contributed by atoms with E-state index in [4.69, 9.17) is 15.7 Å². The SMILES string of the molecule is COc1cc(C#N)cc(-c2cccc(N)c2)c1. The Morgan fingerprint density at radius 2 is 1.94 bits per heavy atom. The van der Waals surface area contributed by atoms with E-state index in [9.17, 15) is 0 Å². The van der Waals surface area contributed by atoms with Crippen molar-refractivity contribution < 1.29 is 4.74 Å². The fourth-order valence-electron chi connectivity index (χ4n) is 1.67. The standard InChI is InChI=1S/C14H12N2O/c1-17-14-6-10(9-15)5-12(8-14)11-3-2-4-13(16)7-11/h2-8H,16H2,1H3. The average molecular weight is 224 g/mol. The fourth-order valence-corrected chi connectivity index (χ4v) is 1.67. The summed E-state index contributed by atoms with van der Waals surface area (Å²) in [5, 5.41) is 8.95. The molecule has 84 valence electrons. The molecule has 0 unspecified atom stereocenters. The van der Waals surface area contributed by atoms with Crippen molar-refractivity contribution in [2.45, 2.75) is 0 Å². The summed E-state index contributed by atoms with van der Waals surface area (Å²) in [5.41, 5.74) is 8.91. The molecule has 17 heavy (non-hydrogen) atoms. The quantitative estimate of drug-likeness (QED) is 0.798. The zero-order valence-electron chi connectivity index (χ0n) is 9.47. The van der Waals surface area contributed by atoms with Gasteiger partial charge in [-0.3, -0.25) is 0 Å². The summed E-state index contributed by atoms with van der Waals surface area (Å²) in [6.07, 6.45) is 0. The number of rotatable bonds is 2. The molecule has 2 aromatic carbocycles. The van der Waals surface area contributed by atoms with E-state index in [-0.39, 0.29) is 0 Å². The Hall–Kier alpha value is -2.47. The third kappa shape index (κ3) is 2.37. The molecule has 3 nitrogen and oxygen atoms in total. The molecule has 0 aliphatic rings. The number of methoxy groups -OCH3 is 1. The number of nitrogens with zero attached hydrogens (tertiary/aromatic N) is 1. The van der Waals surface area contributed by atoms with Crippen molar-refractivity contribution in [2.24, 2.45) is 0 Å². The third-order valence-corrected chi connectivity index (χ3v) is 2.49. The van der Waals surface area contributed by atoms with Crippen LogP contribution in [-0.4, -0.2) is 7.11 Å². The molecule has 0 heterocycles. The molecule has 0 fully saturated rings. The Morgan fingerprint density at radius 1 is 1.12 bits per heavy atom. The van der Waals surface area contributed by atoms with E-state index in [1.165, 1.54) is 0 Å². The molecule has 2 rings (SSSR count). The van der Waals surface area contributed by atoms with E-state index in [0.29, 0.717) is 17.0 Å². The Balaban J connectivity index is 2.55. The van der Waals surface area contributed by atoms with Crippen LogP contribution in [0.15, 0.2) is 42.5 Å². The summed E-state index contributed by atoms with van der Waals surface area (Å²) in [4.78, 5) is 0. The smallest absolute Gasteiger partial charge is 0.120 e. The van der Waals surface area contributed by atoms with Gasteiger partial charge in [0.2, 0.25) is 0 Å². The van der Waals surface area contributed by atoms with Gasteiger partial charge in [0.15, 0.2) is 0 Å². The number of hydrogen-bond donors (Lipinski definition) is 1. The number of benzene rings is 2. The predicted molar refractivity (Wildman–Crippen MR) is 67.6 cm³/mol. The molecule has 0 saturated carbocycles. The lowest BCUT2D eigenvalue weighted by Gasteiger charge is -2.06. The van der Waals surface area contributed by atoms with E-state index >= 15 is 0 Å². The Morgan fingerprint density at radius 3 is 2.59 bits per heavy atom. The highest BCUT2D eigenvalue weighted by Gasteiger charge is 2.03. The first kappa shape index (κ1) is 11.0. The molecule has 0 saturated heterocycles. The van der Waals surface area contributed by atoms with Crippen LogP contribution in [0.5, 0.6) is 5.75 Å². The van der Waals surface area contributed by atoms with Gasteiger partial charge in [0.05, 0.1) is 18.7 Å². The van der Waals surface area contributed by atoms with Gasteiger partial charge < -0.3 is 10.5 Å². The number of nitrogens with two attached hydrogens (primary N) is 1. The molecule has 0 aliphatic heterocycles. The van der Waals surface area contributed by atoms with Gasteiger partial charge in [-0.05, 0) is 41.5 Å². The second-order valence-electron chi connectivity index (χ2n) is 3.69. The molecule has 3 heteroatoms. The lowest BCUT2D eigenvalue weighted by Crippen LogP contribution is -1.88. The number of nitriles is 1. The molecule has 0 atom stereocenters. The van der Waals surface area contributed by atoms with Gasteiger partial charge >= 0.3 is 0 Å². The van der Waals surface area contributed by atoms with Crippen molar-refractivity contribution in [3.8, 4) is 22.9 Å². The normalized spacial score (nSPS) is 9.65. The minimum absolute atomic E-state index is 0.571. The maximum atomic E-state index is 8.95. The molecular formula is C14H12N2O. The molecule has 0 spiro atoms. The van der Waals surface area contributed by atoms with Gasteiger partial charge in [-0.25, -0.2) is 0 Å². The summed E-state index contributed by atoms with van der Waals surface area (Å²) >= 11 is 0. The minimum atomic E-state index is 0.571. The van der Waals surface area contributed by atoms with E-state index in [0.717, 1.165) is 11.1 Å². The van der Waals surface area contributed by atoms with Crippen molar-refractivity contribution in [3.63, 3.8) is 0 Å². The fraction of sp³-hybridized carbons (Fsp3) is 0.0714. The second-order valence-corrected chi connectivity index (χ2v) is 3.69. The zero-order valence-corrected chi connectivity index (χ0v) is 9.47. The molecule has 0 amide bonds. The first-order valence-corrected chi connectivity index (χ1v) is 5.18. The first-order valence-electron chi connectivity index (χ1n) is 5.18. The molecule has 0 aliphatic carbocycles. The lowest BCUT2D eigenvalue weighted by atomic mass is 10.0. The van der Waals surface area contributed by atoms with Gasteiger partial charge in [-0.2, -0.15) is 5.26 Å². The summed E-state index contributed by atoms with van der Waals surface area (Å²) in [7, 11) is 1.58. The van der Waals surface area contributed by atoms with Crippen molar-refractivity contribution in [2.75, 3.05) is 12.8 Å². The van der Waals surface area contributed by atoms with Crippen LogP contribution in [0.4, 0.5) is 5.69 Å². The van der Waals surface area contributed by atoms with E-state index in [2.05, 4.69) is 6.07 Å². The van der Waals surface area contributed by atoms with Crippen LogP contribution in [0, 0.1) is 11.3 Å². The zero-order chi connectivity index (χ0) is 12.3. The molecule has 2 aromatic rings. The van der Waals surface area contributed by atoms with Crippen LogP contribution >= 0.6 is 0 Å². The van der Waals surface area contributed by atoms with E-state index in [1.807, 2.05) is 36.4 Å². The molecular weight excluding hydrogens is 212 g/mol. The van der Waals surface area contributed by atoms with Gasteiger partial charge in [-0.1, -0.05) is 12.1 Å². The monoisotopic (exact) mass is 224 g/mol. The molecule has 0 bridgehead atoms. The summed E-state index contributed by atoms with van der Waals surface area (Å²) < 4.78 is 5.17. The van der Waals surface area contributed by atoms with Crippen molar-refractivity contribution >= 4 is 5.69 Å². The van der Waals surface area contributed by atoms with Crippen LogP contribution in [0.1, 0.15) is 5.56 Å². The average Bonchev–Trinajstić information content (AvgIpc) is 2.38. The largest absolute Gasteiger partial charge is 0.497 e. The third-order valence-electron chi connectivity index (χ3n) is 2.49. The number of ether oxygens (including phenoxy) is 1. The highest BCUT2D eigenvalue weighted by Crippen LogP contribution is 2.26. The van der Waals surface area contributed by atoms with E-state index < -0.39 is 0 Å². The lowest BCUT2D eigenvalue weighted by molar-refractivity contribution is 0.415. The number of hydrogen-bond acceptors (Lipinski definition) is 3. The minimum Gasteiger partial charge on any atom is -0.497 e. The maximum Gasteiger partial charge on any atom is 0.120 e. The Bertz CT molecular complexity index is 585. The highest BCUT2D eigenvalue weighted by molar-refractivity contribution is 5.70. The molecule has 0 radical (unpaired) electrons. The van der Waals surface area contributed by atoms with Crippen molar-refractivity contribution in [1.82, 2.24) is 0 Å². The van der Waals surface area contributed by atoms with Crippen LogP contribution in [-0.2, 0) is 0 Å². The first-order chi connectivity index (χ1) is 8.22. The van der Waals surface area contributed by atoms with Gasteiger partial charge in [0.25, 0.3) is 0 Å². The predicted octanol–water partition coefficient (Wildman–Crippen LogP) is 2.82. The van der Waals surface area contributed by atoms with Crippen LogP contribution in [0.25, 0.3) is 11.1 Å². The Kier molecular flexibility index (Phi) is 2.97. The van der Waals surface area contributed by atoms with Gasteiger partial charge in [-0.15, -0.1) is 0 Å². The molecule has 2 N–H and O–H groups in total. The summed E-state index contributed by atoms with van der Waals surface area (Å²) in [6.45, 7) is 0. The van der Waals surface area contributed by atoms with Crippen LogP contribution in [0.2, 0.25) is 0 Å². The second kappa shape index (κ2) is 4.58. The summed E-state index contributed by atoms with van der Waals surface area (Å²) in [6, 6.07) is 15.1. The maximum absolute atomic E-state index is 8.95. The van der Waals surface area contributed by atoms with Crippen molar-refractivity contribution in [1.29, 1.82) is 5.26 Å². The van der Waals surface area contributed by atoms with Crippen molar-refractivity contribution in [3.05, 3.63) is 48.0 Å².